The number of rotatable bonds is 3. The first-order valence-electron chi connectivity index (χ1n) is 6.24. The van der Waals surface area contributed by atoms with Crippen LogP contribution in [0.4, 0.5) is 0 Å². The molecule has 3 rings (SSSR count). The van der Waals surface area contributed by atoms with Crippen LogP contribution < -0.4 is 0 Å². The van der Waals surface area contributed by atoms with Gasteiger partial charge in [0, 0.05) is 11.9 Å². The third kappa shape index (κ3) is 2.14. The number of hydrogen-bond acceptors (Lipinski definition) is 3. The van der Waals surface area contributed by atoms with Gasteiger partial charge >= 0.3 is 5.97 Å². The first kappa shape index (κ1) is 12.3. The second-order valence-electron chi connectivity index (χ2n) is 4.66. The Kier molecular flexibility index (Phi) is 2.95. The molecule has 20 heavy (non-hydrogen) atoms. The summed E-state index contributed by atoms with van der Waals surface area (Å²) in [5.74, 6) is -0.945. The van der Waals surface area contributed by atoms with Crippen LogP contribution in [0.2, 0.25) is 0 Å². The Hall–Kier alpha value is -2.69. The minimum Gasteiger partial charge on any atom is -0.478 e. The highest BCUT2D eigenvalue weighted by atomic mass is 16.4. The fraction of sp³-hybridized carbons (Fsp3) is 0.133. The van der Waals surface area contributed by atoms with Crippen molar-refractivity contribution in [3.05, 3.63) is 59.7 Å². The van der Waals surface area contributed by atoms with Crippen molar-refractivity contribution in [1.82, 2.24) is 14.5 Å². The fourth-order valence-electron chi connectivity index (χ4n) is 2.21. The largest absolute Gasteiger partial charge is 0.478 e. The summed E-state index contributed by atoms with van der Waals surface area (Å²) in [4.78, 5) is 19.8. The minimum absolute atomic E-state index is 0.264. The van der Waals surface area contributed by atoms with Crippen molar-refractivity contribution in [1.29, 1.82) is 0 Å². The molecular formula is C15H13N3O2. The maximum atomic E-state index is 11.3. The first-order valence-corrected chi connectivity index (χ1v) is 6.24. The highest BCUT2D eigenvalue weighted by Crippen LogP contribution is 2.19. The molecule has 0 saturated carbocycles. The van der Waals surface area contributed by atoms with Crippen molar-refractivity contribution >= 4 is 17.0 Å². The molecule has 0 unspecified atom stereocenters. The van der Waals surface area contributed by atoms with E-state index in [1.54, 1.807) is 24.7 Å². The van der Waals surface area contributed by atoms with Crippen LogP contribution in [0.5, 0.6) is 0 Å². The number of aromatic carboxylic acids is 1. The number of carboxylic acid groups (broad SMARTS) is 1. The third-order valence-electron chi connectivity index (χ3n) is 3.19. The van der Waals surface area contributed by atoms with Crippen molar-refractivity contribution in [2.24, 2.45) is 0 Å². The van der Waals surface area contributed by atoms with E-state index in [0.29, 0.717) is 17.6 Å². The number of carboxylic acids is 1. The van der Waals surface area contributed by atoms with Gasteiger partial charge in [-0.05, 0) is 30.7 Å². The standard InChI is InChI=1S/C15H13N3O2/c1-10-5-6-11(7-16-10)8-18-9-17-13-4-2-3-12(14(13)18)15(19)20/h2-7,9H,8H2,1H3,(H,19,20). The lowest BCUT2D eigenvalue weighted by molar-refractivity contribution is 0.0698. The number of imidazole rings is 1. The first-order chi connectivity index (χ1) is 9.65. The van der Waals surface area contributed by atoms with Gasteiger partial charge in [0.15, 0.2) is 0 Å². The summed E-state index contributed by atoms with van der Waals surface area (Å²) in [6.07, 6.45) is 3.46. The highest BCUT2D eigenvalue weighted by Gasteiger charge is 2.13. The third-order valence-corrected chi connectivity index (χ3v) is 3.19. The van der Waals surface area contributed by atoms with E-state index in [4.69, 9.17) is 0 Å². The molecule has 5 nitrogen and oxygen atoms in total. The molecule has 1 aromatic carbocycles. The number of nitrogens with zero attached hydrogens (tertiary/aromatic N) is 3. The smallest absolute Gasteiger partial charge is 0.337 e. The molecule has 2 aromatic heterocycles. The lowest BCUT2D eigenvalue weighted by atomic mass is 10.1. The molecule has 3 aromatic rings. The van der Waals surface area contributed by atoms with E-state index < -0.39 is 5.97 Å². The molecule has 0 bridgehead atoms. The SMILES string of the molecule is Cc1ccc(Cn2cnc3cccc(C(=O)O)c32)cn1. The molecule has 5 heteroatoms. The lowest BCUT2D eigenvalue weighted by Gasteiger charge is -2.06. The number of para-hydroxylation sites is 1. The Morgan fingerprint density at radius 1 is 1.25 bits per heavy atom. The van der Waals surface area contributed by atoms with Crippen LogP contribution in [-0.2, 0) is 6.54 Å². The Labute approximate surface area is 115 Å². The van der Waals surface area contributed by atoms with E-state index >= 15 is 0 Å². The lowest BCUT2D eigenvalue weighted by Crippen LogP contribution is -2.04. The number of hydrogen-bond donors (Lipinski definition) is 1. The zero-order valence-corrected chi connectivity index (χ0v) is 10.9. The van der Waals surface area contributed by atoms with Gasteiger partial charge in [-0.25, -0.2) is 9.78 Å². The second kappa shape index (κ2) is 4.77. The molecule has 0 fully saturated rings. The van der Waals surface area contributed by atoms with Crippen LogP contribution in [0.3, 0.4) is 0 Å². The predicted octanol–water partition coefficient (Wildman–Crippen LogP) is 2.49. The topological polar surface area (TPSA) is 68.0 Å². The van der Waals surface area contributed by atoms with Crippen LogP contribution in [0.15, 0.2) is 42.9 Å². The van der Waals surface area contributed by atoms with E-state index in [9.17, 15) is 9.90 Å². The Morgan fingerprint density at radius 3 is 2.80 bits per heavy atom. The fourth-order valence-corrected chi connectivity index (χ4v) is 2.21. The predicted molar refractivity (Wildman–Crippen MR) is 74.8 cm³/mol. The van der Waals surface area contributed by atoms with Gasteiger partial charge in [-0.1, -0.05) is 12.1 Å². The molecule has 100 valence electrons. The molecule has 0 atom stereocenters. The molecule has 2 heterocycles. The van der Waals surface area contributed by atoms with Gasteiger partial charge < -0.3 is 9.67 Å². The average Bonchev–Trinajstić information content (AvgIpc) is 2.84. The summed E-state index contributed by atoms with van der Waals surface area (Å²) < 4.78 is 1.84. The van der Waals surface area contributed by atoms with E-state index in [-0.39, 0.29) is 5.56 Å². The van der Waals surface area contributed by atoms with Crippen molar-refractivity contribution in [2.45, 2.75) is 13.5 Å². The van der Waals surface area contributed by atoms with Crippen molar-refractivity contribution in [3.63, 3.8) is 0 Å². The monoisotopic (exact) mass is 267 g/mol. The van der Waals surface area contributed by atoms with Crippen LogP contribution in [0, 0.1) is 6.92 Å². The summed E-state index contributed by atoms with van der Waals surface area (Å²) in [7, 11) is 0. The Balaban J connectivity index is 2.07. The second-order valence-corrected chi connectivity index (χ2v) is 4.66. The van der Waals surface area contributed by atoms with E-state index in [1.807, 2.05) is 29.7 Å². The van der Waals surface area contributed by atoms with Crippen molar-refractivity contribution in [2.75, 3.05) is 0 Å². The molecule has 0 amide bonds. The number of aryl methyl sites for hydroxylation is 1. The van der Waals surface area contributed by atoms with Gasteiger partial charge in [0.05, 0.1) is 29.5 Å². The van der Waals surface area contributed by atoms with Gasteiger partial charge in [0.1, 0.15) is 0 Å². The van der Waals surface area contributed by atoms with E-state index in [1.165, 1.54) is 0 Å². The van der Waals surface area contributed by atoms with Crippen LogP contribution in [0.25, 0.3) is 11.0 Å². The molecule has 0 aliphatic heterocycles. The quantitative estimate of drug-likeness (QED) is 0.791. The summed E-state index contributed by atoms with van der Waals surface area (Å²) in [6.45, 7) is 2.48. The molecule has 1 N–H and O–H groups in total. The van der Waals surface area contributed by atoms with Crippen LogP contribution in [0.1, 0.15) is 21.6 Å². The van der Waals surface area contributed by atoms with E-state index in [0.717, 1.165) is 11.3 Å². The van der Waals surface area contributed by atoms with Gasteiger partial charge in [-0.3, -0.25) is 4.98 Å². The van der Waals surface area contributed by atoms with Crippen molar-refractivity contribution < 1.29 is 9.90 Å². The number of fused-ring (bicyclic) bond motifs is 1. The zero-order valence-electron chi connectivity index (χ0n) is 10.9. The van der Waals surface area contributed by atoms with Gasteiger partial charge in [0.25, 0.3) is 0 Å². The van der Waals surface area contributed by atoms with Crippen LogP contribution in [-0.4, -0.2) is 25.6 Å². The normalized spacial score (nSPS) is 10.8. The minimum atomic E-state index is -0.945. The number of aromatic nitrogens is 3. The molecule has 0 spiro atoms. The molecule has 0 aliphatic rings. The summed E-state index contributed by atoms with van der Waals surface area (Å²) in [5.41, 5.74) is 3.55. The molecule has 0 radical (unpaired) electrons. The number of benzene rings is 1. The highest BCUT2D eigenvalue weighted by molar-refractivity contribution is 6.01. The van der Waals surface area contributed by atoms with Gasteiger partial charge in [-0.15, -0.1) is 0 Å². The zero-order chi connectivity index (χ0) is 14.1. The summed E-state index contributed by atoms with van der Waals surface area (Å²) in [5, 5.41) is 9.27. The Morgan fingerprint density at radius 2 is 2.10 bits per heavy atom. The number of pyridine rings is 1. The Bertz CT molecular complexity index is 775. The van der Waals surface area contributed by atoms with E-state index in [2.05, 4.69) is 9.97 Å². The van der Waals surface area contributed by atoms with Crippen molar-refractivity contribution in [3.8, 4) is 0 Å². The summed E-state index contributed by atoms with van der Waals surface area (Å²) >= 11 is 0. The van der Waals surface area contributed by atoms with Gasteiger partial charge in [-0.2, -0.15) is 0 Å². The molecule has 0 saturated heterocycles. The maximum absolute atomic E-state index is 11.3. The number of carbonyl (C=O) groups is 1. The summed E-state index contributed by atoms with van der Waals surface area (Å²) in [6, 6.07) is 9.03. The van der Waals surface area contributed by atoms with Crippen LogP contribution >= 0.6 is 0 Å². The molecular weight excluding hydrogens is 254 g/mol. The van der Waals surface area contributed by atoms with Gasteiger partial charge in [0.2, 0.25) is 0 Å². The average molecular weight is 267 g/mol. The molecule has 0 aliphatic carbocycles. The maximum Gasteiger partial charge on any atom is 0.337 e.